The normalized spacial score (nSPS) is 10.8. The van der Waals surface area contributed by atoms with Crippen molar-refractivity contribution in [1.29, 1.82) is 0 Å². The molecule has 1 aromatic heterocycles. The lowest BCUT2D eigenvalue weighted by atomic mass is 10.1. The molecular formula is C13H11NO2. The predicted octanol–water partition coefficient (Wildman–Crippen LogP) is 2.42. The van der Waals surface area contributed by atoms with E-state index < -0.39 is 0 Å². The fourth-order valence-corrected chi connectivity index (χ4v) is 1.49. The van der Waals surface area contributed by atoms with Gasteiger partial charge in [-0.15, -0.1) is 0 Å². The van der Waals surface area contributed by atoms with Crippen LogP contribution in [0.3, 0.4) is 0 Å². The van der Waals surface area contributed by atoms with E-state index in [4.69, 9.17) is 0 Å². The zero-order valence-electron chi connectivity index (χ0n) is 8.88. The summed E-state index contributed by atoms with van der Waals surface area (Å²) in [4.78, 5) is 15.2. The Morgan fingerprint density at radius 2 is 2.12 bits per heavy atom. The summed E-state index contributed by atoms with van der Waals surface area (Å²) in [6.45, 7) is 0. The molecule has 2 aromatic rings. The van der Waals surface area contributed by atoms with E-state index in [9.17, 15) is 4.79 Å². The van der Waals surface area contributed by atoms with E-state index in [0.29, 0.717) is 0 Å². The van der Waals surface area contributed by atoms with Crippen LogP contribution in [-0.2, 0) is 9.53 Å². The maximum absolute atomic E-state index is 11.0. The third-order valence-corrected chi connectivity index (χ3v) is 2.28. The van der Waals surface area contributed by atoms with Crippen molar-refractivity contribution < 1.29 is 9.53 Å². The number of esters is 1. The highest BCUT2D eigenvalue weighted by Gasteiger charge is 1.98. The van der Waals surface area contributed by atoms with Crippen molar-refractivity contribution in [3.63, 3.8) is 0 Å². The Bertz CT molecular complexity index is 541. The van der Waals surface area contributed by atoms with Gasteiger partial charge in [0.25, 0.3) is 0 Å². The monoisotopic (exact) mass is 213 g/mol. The van der Waals surface area contributed by atoms with Crippen LogP contribution in [0.25, 0.3) is 16.8 Å². The summed E-state index contributed by atoms with van der Waals surface area (Å²) in [5.74, 6) is -0.380. The van der Waals surface area contributed by atoms with Gasteiger partial charge in [0, 0.05) is 17.7 Å². The fourth-order valence-electron chi connectivity index (χ4n) is 1.49. The standard InChI is InChI=1S/C13H11NO2/c1-16-13(15)7-6-12-11-5-3-2-4-10(11)8-9-14-12/h2-9H,1H3. The number of aromatic nitrogens is 1. The molecule has 0 radical (unpaired) electrons. The van der Waals surface area contributed by atoms with Crippen molar-refractivity contribution in [1.82, 2.24) is 4.98 Å². The number of carbonyl (C=O) groups excluding carboxylic acids is 1. The van der Waals surface area contributed by atoms with Crippen LogP contribution in [0.15, 0.2) is 42.6 Å². The third kappa shape index (κ3) is 2.08. The maximum atomic E-state index is 11.0. The summed E-state index contributed by atoms with van der Waals surface area (Å²) in [5.41, 5.74) is 0.767. The van der Waals surface area contributed by atoms with Crippen LogP contribution in [0.5, 0.6) is 0 Å². The Labute approximate surface area is 93.4 Å². The first-order chi connectivity index (χ1) is 7.81. The van der Waals surface area contributed by atoms with Crippen LogP contribution < -0.4 is 0 Å². The largest absolute Gasteiger partial charge is 0.466 e. The molecule has 2 rings (SSSR count). The lowest BCUT2D eigenvalue weighted by Crippen LogP contribution is -1.94. The number of ether oxygens (including phenoxy) is 1. The van der Waals surface area contributed by atoms with Gasteiger partial charge in [-0.3, -0.25) is 4.98 Å². The second-order valence-electron chi connectivity index (χ2n) is 3.27. The first-order valence-electron chi connectivity index (χ1n) is 4.91. The average Bonchev–Trinajstić information content (AvgIpc) is 2.35. The van der Waals surface area contributed by atoms with Gasteiger partial charge in [-0.05, 0) is 17.5 Å². The van der Waals surface area contributed by atoms with E-state index in [1.54, 1.807) is 12.3 Å². The number of hydrogen-bond donors (Lipinski definition) is 0. The summed E-state index contributed by atoms with van der Waals surface area (Å²) >= 11 is 0. The lowest BCUT2D eigenvalue weighted by Gasteiger charge is -2.00. The van der Waals surface area contributed by atoms with Crippen LogP contribution in [0.4, 0.5) is 0 Å². The Morgan fingerprint density at radius 3 is 2.94 bits per heavy atom. The third-order valence-electron chi connectivity index (χ3n) is 2.28. The molecule has 3 heteroatoms. The second-order valence-corrected chi connectivity index (χ2v) is 3.27. The molecule has 0 aliphatic heterocycles. The molecule has 1 aromatic carbocycles. The molecule has 80 valence electrons. The molecule has 1 heterocycles. The number of hydrogen-bond acceptors (Lipinski definition) is 3. The molecule has 3 nitrogen and oxygen atoms in total. The number of rotatable bonds is 2. The zero-order chi connectivity index (χ0) is 11.4. The van der Waals surface area contributed by atoms with Crippen molar-refractivity contribution in [3.8, 4) is 0 Å². The van der Waals surface area contributed by atoms with Gasteiger partial charge in [0.05, 0.1) is 12.8 Å². The van der Waals surface area contributed by atoms with E-state index in [0.717, 1.165) is 16.5 Å². The molecule has 0 saturated carbocycles. The van der Waals surface area contributed by atoms with Crippen molar-refractivity contribution in [2.24, 2.45) is 0 Å². The highest BCUT2D eigenvalue weighted by molar-refractivity contribution is 5.93. The summed E-state index contributed by atoms with van der Waals surface area (Å²) < 4.78 is 4.53. The van der Waals surface area contributed by atoms with Crippen LogP contribution in [0.2, 0.25) is 0 Å². The lowest BCUT2D eigenvalue weighted by molar-refractivity contribution is -0.134. The summed E-state index contributed by atoms with van der Waals surface area (Å²) in [5, 5.41) is 2.12. The van der Waals surface area contributed by atoms with Gasteiger partial charge in [0.1, 0.15) is 0 Å². The first-order valence-corrected chi connectivity index (χ1v) is 4.91. The van der Waals surface area contributed by atoms with Crippen LogP contribution in [0, 0.1) is 0 Å². The smallest absolute Gasteiger partial charge is 0.330 e. The number of benzene rings is 1. The quantitative estimate of drug-likeness (QED) is 0.568. The summed E-state index contributed by atoms with van der Waals surface area (Å²) in [6, 6.07) is 9.83. The summed E-state index contributed by atoms with van der Waals surface area (Å²) in [7, 11) is 1.35. The molecule has 0 saturated heterocycles. The molecule has 16 heavy (non-hydrogen) atoms. The van der Waals surface area contributed by atoms with Crippen LogP contribution in [-0.4, -0.2) is 18.1 Å². The van der Waals surface area contributed by atoms with E-state index in [-0.39, 0.29) is 5.97 Å². The van der Waals surface area contributed by atoms with Gasteiger partial charge in [-0.2, -0.15) is 0 Å². The van der Waals surface area contributed by atoms with Gasteiger partial charge in [0.15, 0.2) is 0 Å². The van der Waals surface area contributed by atoms with E-state index in [1.165, 1.54) is 13.2 Å². The molecule has 0 aliphatic carbocycles. The van der Waals surface area contributed by atoms with Gasteiger partial charge in [-0.1, -0.05) is 24.3 Å². The van der Waals surface area contributed by atoms with Gasteiger partial charge >= 0.3 is 5.97 Å². The topological polar surface area (TPSA) is 39.2 Å². The van der Waals surface area contributed by atoms with Gasteiger partial charge in [0.2, 0.25) is 0 Å². The molecule has 0 aliphatic rings. The Hall–Kier alpha value is -2.16. The molecule has 0 bridgehead atoms. The maximum Gasteiger partial charge on any atom is 0.330 e. The second kappa shape index (κ2) is 4.57. The number of pyridine rings is 1. The van der Waals surface area contributed by atoms with E-state index >= 15 is 0 Å². The molecular weight excluding hydrogens is 202 g/mol. The highest BCUT2D eigenvalue weighted by Crippen LogP contribution is 2.17. The van der Waals surface area contributed by atoms with Crippen LogP contribution >= 0.6 is 0 Å². The minimum atomic E-state index is -0.380. The molecule has 0 amide bonds. The Morgan fingerprint density at radius 1 is 1.31 bits per heavy atom. The molecule has 0 unspecified atom stereocenters. The molecule has 0 N–H and O–H groups in total. The van der Waals surface area contributed by atoms with E-state index in [1.807, 2.05) is 30.3 Å². The van der Waals surface area contributed by atoms with Crippen molar-refractivity contribution >= 4 is 22.8 Å². The highest BCUT2D eigenvalue weighted by atomic mass is 16.5. The first kappa shape index (κ1) is 10.4. The minimum absolute atomic E-state index is 0.380. The molecule has 0 spiro atoms. The number of methoxy groups -OCH3 is 1. The summed E-state index contributed by atoms with van der Waals surface area (Å²) in [6.07, 6.45) is 4.75. The van der Waals surface area contributed by atoms with Crippen molar-refractivity contribution in [2.75, 3.05) is 7.11 Å². The zero-order valence-corrected chi connectivity index (χ0v) is 8.88. The Balaban J connectivity index is 2.45. The fraction of sp³-hybridized carbons (Fsp3) is 0.0769. The minimum Gasteiger partial charge on any atom is -0.466 e. The predicted molar refractivity (Wildman–Crippen MR) is 62.8 cm³/mol. The molecule has 0 atom stereocenters. The molecule has 0 fully saturated rings. The van der Waals surface area contributed by atoms with Crippen molar-refractivity contribution in [3.05, 3.63) is 48.3 Å². The SMILES string of the molecule is COC(=O)C=Cc1nccc2ccccc12. The average molecular weight is 213 g/mol. The van der Waals surface area contributed by atoms with Crippen LogP contribution in [0.1, 0.15) is 5.69 Å². The van der Waals surface area contributed by atoms with E-state index in [2.05, 4.69) is 9.72 Å². The number of nitrogens with zero attached hydrogens (tertiary/aromatic N) is 1. The van der Waals surface area contributed by atoms with Gasteiger partial charge in [-0.25, -0.2) is 4.79 Å². The van der Waals surface area contributed by atoms with Gasteiger partial charge < -0.3 is 4.74 Å². The van der Waals surface area contributed by atoms with Crippen molar-refractivity contribution in [2.45, 2.75) is 0 Å². The Kier molecular flexibility index (Phi) is 2.96. The number of fused-ring (bicyclic) bond motifs is 1. The number of carbonyl (C=O) groups is 1.